The van der Waals surface area contributed by atoms with Gasteiger partial charge in [-0.05, 0) is 57.2 Å². The summed E-state index contributed by atoms with van der Waals surface area (Å²) in [5.74, 6) is 0.762. The molecule has 1 amide bonds. The summed E-state index contributed by atoms with van der Waals surface area (Å²) >= 11 is 0. The number of fused-ring (bicyclic) bond motifs is 6. The molecule has 5 rings (SSSR count). The average molecular weight is 376 g/mol. The number of rotatable bonds is 0. The van der Waals surface area contributed by atoms with Crippen molar-refractivity contribution >= 4 is 17.4 Å². The fourth-order valence-corrected chi connectivity index (χ4v) is 4.31. The van der Waals surface area contributed by atoms with Crippen LogP contribution < -0.4 is 10.2 Å². The van der Waals surface area contributed by atoms with Crippen LogP contribution in [0.3, 0.4) is 0 Å². The Labute approximate surface area is 163 Å². The molecule has 4 bridgehead atoms. The number of amides is 1. The highest BCUT2D eigenvalue weighted by molar-refractivity contribution is 5.99. The van der Waals surface area contributed by atoms with Crippen LogP contribution in [0.15, 0.2) is 36.7 Å². The number of hydrogen-bond donors (Lipinski definition) is 1. The normalized spacial score (nSPS) is 22.6. The molecule has 2 aliphatic heterocycles. The molecule has 0 saturated carbocycles. The number of carbonyl (C=O) groups excluding carboxylic acids is 1. The van der Waals surface area contributed by atoms with Gasteiger partial charge in [0.25, 0.3) is 5.91 Å². The van der Waals surface area contributed by atoms with Crippen molar-refractivity contribution in [1.29, 1.82) is 0 Å². The van der Waals surface area contributed by atoms with E-state index in [0.29, 0.717) is 11.2 Å². The Morgan fingerprint density at radius 3 is 3.00 bits per heavy atom. The largest absolute Gasteiger partial charge is 0.349 e. The second-order valence-corrected chi connectivity index (χ2v) is 7.78. The highest BCUT2D eigenvalue weighted by Gasteiger charge is 2.29. The molecule has 5 heterocycles. The molecule has 7 nitrogen and oxygen atoms in total. The molecule has 2 atom stereocenters. The minimum Gasteiger partial charge on any atom is -0.349 e. The Kier molecular flexibility index (Phi) is 4.22. The minimum absolute atomic E-state index is 0.0853. The predicted molar refractivity (Wildman–Crippen MR) is 106 cm³/mol. The summed E-state index contributed by atoms with van der Waals surface area (Å²) in [6.07, 6.45) is 8.48. The van der Waals surface area contributed by atoms with Crippen LogP contribution in [0.4, 0.5) is 5.82 Å². The molecular weight excluding hydrogens is 352 g/mol. The van der Waals surface area contributed by atoms with Crippen LogP contribution in [0, 0.1) is 0 Å². The van der Waals surface area contributed by atoms with Gasteiger partial charge in [0.05, 0.1) is 17.9 Å². The molecular formula is C21H24N6O. The van der Waals surface area contributed by atoms with Crippen molar-refractivity contribution in [2.75, 3.05) is 11.4 Å². The van der Waals surface area contributed by atoms with Crippen molar-refractivity contribution in [3.8, 4) is 0 Å². The van der Waals surface area contributed by atoms with Crippen LogP contribution in [0.25, 0.3) is 5.65 Å². The molecule has 1 N–H and O–H groups in total. The van der Waals surface area contributed by atoms with Gasteiger partial charge in [0.15, 0.2) is 5.65 Å². The highest BCUT2D eigenvalue weighted by atomic mass is 16.1. The molecule has 1 saturated heterocycles. The van der Waals surface area contributed by atoms with Gasteiger partial charge in [0.2, 0.25) is 0 Å². The van der Waals surface area contributed by atoms with Crippen molar-refractivity contribution in [3.63, 3.8) is 0 Å². The minimum atomic E-state index is -0.112. The smallest absolute Gasteiger partial charge is 0.256 e. The molecule has 1 fully saturated rings. The zero-order valence-electron chi connectivity index (χ0n) is 16.0. The zero-order valence-corrected chi connectivity index (χ0v) is 16.0. The maximum absolute atomic E-state index is 12.8. The van der Waals surface area contributed by atoms with Gasteiger partial charge < -0.3 is 10.2 Å². The second-order valence-electron chi connectivity index (χ2n) is 7.78. The number of carbonyl (C=O) groups is 1. The van der Waals surface area contributed by atoms with Gasteiger partial charge in [0.1, 0.15) is 11.4 Å². The first-order valence-corrected chi connectivity index (χ1v) is 10.1. The fourth-order valence-electron chi connectivity index (χ4n) is 4.31. The lowest BCUT2D eigenvalue weighted by Gasteiger charge is -2.25. The van der Waals surface area contributed by atoms with Crippen molar-refractivity contribution < 1.29 is 4.79 Å². The lowest BCUT2D eigenvalue weighted by molar-refractivity contribution is 0.0939. The zero-order chi connectivity index (χ0) is 19.1. The molecule has 2 aliphatic rings. The van der Waals surface area contributed by atoms with Crippen molar-refractivity contribution in [2.24, 2.45) is 0 Å². The van der Waals surface area contributed by atoms with E-state index in [2.05, 4.69) is 33.5 Å². The van der Waals surface area contributed by atoms with Gasteiger partial charge in [-0.25, -0.2) is 9.50 Å². The Balaban J connectivity index is 1.62. The number of aryl methyl sites for hydroxylation is 1. The summed E-state index contributed by atoms with van der Waals surface area (Å²) in [5.41, 5.74) is 3.36. The quantitative estimate of drug-likeness (QED) is 0.653. The molecule has 3 aromatic rings. The lowest BCUT2D eigenvalue weighted by atomic mass is 10.1. The first-order chi connectivity index (χ1) is 13.7. The molecule has 7 heteroatoms. The number of pyridine rings is 1. The molecule has 0 spiro atoms. The molecule has 3 aromatic heterocycles. The van der Waals surface area contributed by atoms with Crippen LogP contribution in [0.5, 0.6) is 0 Å². The summed E-state index contributed by atoms with van der Waals surface area (Å²) in [7, 11) is 0. The third kappa shape index (κ3) is 3.00. The highest BCUT2D eigenvalue weighted by Crippen LogP contribution is 2.34. The van der Waals surface area contributed by atoms with E-state index in [1.54, 1.807) is 10.7 Å². The third-order valence-electron chi connectivity index (χ3n) is 5.76. The van der Waals surface area contributed by atoms with E-state index in [0.717, 1.165) is 55.9 Å². The van der Waals surface area contributed by atoms with E-state index in [1.807, 2.05) is 19.2 Å². The van der Waals surface area contributed by atoms with E-state index in [-0.39, 0.29) is 18.0 Å². The van der Waals surface area contributed by atoms with Crippen LogP contribution in [-0.4, -0.2) is 38.1 Å². The van der Waals surface area contributed by atoms with E-state index in [4.69, 9.17) is 9.97 Å². The summed E-state index contributed by atoms with van der Waals surface area (Å²) in [5, 5.41) is 7.40. The Morgan fingerprint density at radius 1 is 1.14 bits per heavy atom. The summed E-state index contributed by atoms with van der Waals surface area (Å²) < 4.78 is 1.67. The van der Waals surface area contributed by atoms with E-state index >= 15 is 0 Å². The third-order valence-corrected chi connectivity index (χ3v) is 5.76. The number of aromatic nitrogens is 4. The van der Waals surface area contributed by atoms with E-state index in [9.17, 15) is 4.79 Å². The molecule has 0 aliphatic carbocycles. The SMILES string of the molecule is C[C@H]1CCCc2cccc(n2)[C@H]2CCCN2c2ccn3ncc(c3n2)C(=O)N1. The topological polar surface area (TPSA) is 75.4 Å². The maximum atomic E-state index is 12.8. The summed E-state index contributed by atoms with van der Waals surface area (Å²) in [4.78, 5) is 24.9. The molecule has 144 valence electrons. The van der Waals surface area contributed by atoms with Crippen LogP contribution >= 0.6 is 0 Å². The van der Waals surface area contributed by atoms with Gasteiger partial charge in [-0.15, -0.1) is 0 Å². The number of anilines is 1. The number of nitrogens with zero attached hydrogens (tertiary/aromatic N) is 5. The van der Waals surface area contributed by atoms with Gasteiger partial charge >= 0.3 is 0 Å². The standard InChI is InChI=1S/C21H24N6O/c1-14-5-2-6-15-7-3-8-17(24-15)18-9-4-11-26(18)19-10-12-27-20(25-19)16(13-22-27)21(28)23-14/h3,7-8,10,12-14,18H,2,4-6,9,11H2,1H3,(H,23,28)/t14-,18+/m0/s1. The van der Waals surface area contributed by atoms with E-state index in [1.165, 1.54) is 0 Å². The van der Waals surface area contributed by atoms with Gasteiger partial charge in [0, 0.05) is 24.5 Å². The molecule has 0 unspecified atom stereocenters. The fraction of sp³-hybridized carbons (Fsp3) is 0.429. The number of hydrogen-bond acceptors (Lipinski definition) is 5. The maximum Gasteiger partial charge on any atom is 0.256 e. The monoisotopic (exact) mass is 376 g/mol. The number of nitrogens with one attached hydrogen (secondary N) is 1. The van der Waals surface area contributed by atoms with Crippen molar-refractivity contribution in [1.82, 2.24) is 24.9 Å². The summed E-state index contributed by atoms with van der Waals surface area (Å²) in [6, 6.07) is 8.63. The van der Waals surface area contributed by atoms with Gasteiger partial charge in [-0.1, -0.05) is 6.07 Å². The van der Waals surface area contributed by atoms with Gasteiger partial charge in [-0.2, -0.15) is 5.10 Å². The van der Waals surface area contributed by atoms with Crippen LogP contribution in [0.2, 0.25) is 0 Å². The molecule has 0 radical (unpaired) electrons. The predicted octanol–water partition coefficient (Wildman–Crippen LogP) is 2.92. The summed E-state index contributed by atoms with van der Waals surface area (Å²) in [6.45, 7) is 2.98. The van der Waals surface area contributed by atoms with E-state index < -0.39 is 0 Å². The average Bonchev–Trinajstić information content (AvgIpc) is 3.34. The van der Waals surface area contributed by atoms with Crippen molar-refractivity contribution in [3.05, 3.63) is 53.6 Å². The van der Waals surface area contributed by atoms with Gasteiger partial charge in [-0.3, -0.25) is 9.78 Å². The van der Waals surface area contributed by atoms with Crippen molar-refractivity contribution in [2.45, 2.75) is 51.1 Å². The Morgan fingerprint density at radius 2 is 2.07 bits per heavy atom. The molecule has 0 aromatic carbocycles. The first kappa shape index (κ1) is 17.2. The Bertz CT molecular complexity index is 1030. The van der Waals surface area contributed by atoms with Crippen LogP contribution in [-0.2, 0) is 6.42 Å². The Hall–Kier alpha value is -2.96. The van der Waals surface area contributed by atoms with Crippen LogP contribution in [0.1, 0.15) is 60.4 Å². The molecule has 28 heavy (non-hydrogen) atoms. The second kappa shape index (κ2) is 6.89. The lowest BCUT2D eigenvalue weighted by Crippen LogP contribution is -2.32. The first-order valence-electron chi connectivity index (χ1n) is 10.1.